The first-order chi connectivity index (χ1) is 6.31. The molecule has 3 heteroatoms. The Kier molecular flexibility index (Phi) is 2.55. The van der Waals surface area contributed by atoms with E-state index in [1.165, 1.54) is 0 Å². The van der Waals surface area contributed by atoms with Gasteiger partial charge in [0.05, 0.1) is 6.26 Å². The standard InChI is InChI=1S/C10H9IO2/c11-8-1-2-9-7(3-4-12)6-13-10(9)5-8/h1-2,5-6,12H,3-4H2. The van der Waals surface area contributed by atoms with Crippen molar-refractivity contribution in [2.24, 2.45) is 0 Å². The van der Waals surface area contributed by atoms with E-state index < -0.39 is 0 Å². The van der Waals surface area contributed by atoms with E-state index in [4.69, 9.17) is 9.52 Å². The summed E-state index contributed by atoms with van der Waals surface area (Å²) in [6.45, 7) is 0.167. The molecule has 1 N–H and O–H groups in total. The molecule has 0 atom stereocenters. The quantitative estimate of drug-likeness (QED) is 0.862. The molecule has 0 saturated carbocycles. The number of rotatable bonds is 2. The number of hydrogen-bond donors (Lipinski definition) is 1. The van der Waals surface area contributed by atoms with Crippen LogP contribution in [0.25, 0.3) is 11.0 Å². The lowest BCUT2D eigenvalue weighted by Crippen LogP contribution is -1.87. The van der Waals surface area contributed by atoms with Gasteiger partial charge in [-0.3, -0.25) is 0 Å². The zero-order valence-electron chi connectivity index (χ0n) is 6.96. The lowest BCUT2D eigenvalue weighted by Gasteiger charge is -1.93. The van der Waals surface area contributed by atoms with Crippen molar-refractivity contribution in [3.63, 3.8) is 0 Å². The SMILES string of the molecule is OCCc1coc2cc(I)ccc12. The van der Waals surface area contributed by atoms with Crippen molar-refractivity contribution in [3.05, 3.63) is 33.6 Å². The molecule has 68 valence electrons. The van der Waals surface area contributed by atoms with Crippen LogP contribution in [0.2, 0.25) is 0 Å². The van der Waals surface area contributed by atoms with Crippen molar-refractivity contribution in [3.8, 4) is 0 Å². The Morgan fingerprint density at radius 3 is 3.00 bits per heavy atom. The first-order valence-electron chi connectivity index (χ1n) is 4.08. The lowest BCUT2D eigenvalue weighted by atomic mass is 10.1. The topological polar surface area (TPSA) is 33.4 Å². The molecule has 0 fully saturated rings. The molecule has 0 aliphatic heterocycles. The monoisotopic (exact) mass is 288 g/mol. The van der Waals surface area contributed by atoms with Gasteiger partial charge in [-0.1, -0.05) is 0 Å². The van der Waals surface area contributed by atoms with Crippen molar-refractivity contribution >= 4 is 33.6 Å². The van der Waals surface area contributed by atoms with E-state index in [0.29, 0.717) is 6.42 Å². The number of benzene rings is 1. The predicted octanol–water partition coefficient (Wildman–Crippen LogP) is 2.57. The molecule has 0 aliphatic carbocycles. The number of aliphatic hydroxyl groups is 1. The molecular formula is C10H9IO2. The fourth-order valence-electron chi connectivity index (χ4n) is 1.37. The number of furan rings is 1. The van der Waals surface area contributed by atoms with Gasteiger partial charge in [0.2, 0.25) is 0 Å². The zero-order chi connectivity index (χ0) is 9.26. The molecule has 1 aromatic carbocycles. The summed E-state index contributed by atoms with van der Waals surface area (Å²) in [5, 5.41) is 9.91. The normalized spacial score (nSPS) is 10.9. The molecular weight excluding hydrogens is 279 g/mol. The van der Waals surface area contributed by atoms with Crippen molar-refractivity contribution in [2.45, 2.75) is 6.42 Å². The second-order valence-electron chi connectivity index (χ2n) is 2.88. The predicted molar refractivity (Wildman–Crippen MR) is 59.7 cm³/mol. The van der Waals surface area contributed by atoms with Gasteiger partial charge in [0.15, 0.2) is 0 Å². The van der Waals surface area contributed by atoms with Crippen molar-refractivity contribution in [1.82, 2.24) is 0 Å². The lowest BCUT2D eigenvalue weighted by molar-refractivity contribution is 0.299. The third-order valence-electron chi connectivity index (χ3n) is 2.00. The van der Waals surface area contributed by atoms with Gasteiger partial charge in [0.1, 0.15) is 5.58 Å². The maximum Gasteiger partial charge on any atom is 0.135 e. The first-order valence-corrected chi connectivity index (χ1v) is 5.15. The Morgan fingerprint density at radius 2 is 2.23 bits per heavy atom. The Balaban J connectivity index is 2.55. The van der Waals surface area contributed by atoms with E-state index in [-0.39, 0.29) is 6.61 Å². The Labute approximate surface area is 89.7 Å². The number of aliphatic hydroxyl groups excluding tert-OH is 1. The molecule has 2 rings (SSSR count). The van der Waals surface area contributed by atoms with Crippen molar-refractivity contribution in [2.75, 3.05) is 6.61 Å². The number of fused-ring (bicyclic) bond motifs is 1. The fraction of sp³-hybridized carbons (Fsp3) is 0.200. The summed E-state index contributed by atoms with van der Waals surface area (Å²) in [6, 6.07) is 6.07. The van der Waals surface area contributed by atoms with Gasteiger partial charge in [-0.2, -0.15) is 0 Å². The minimum Gasteiger partial charge on any atom is -0.464 e. The first kappa shape index (κ1) is 9.02. The summed E-state index contributed by atoms with van der Waals surface area (Å²) >= 11 is 2.25. The molecule has 2 aromatic rings. The van der Waals surface area contributed by atoms with Crippen LogP contribution in [0.15, 0.2) is 28.9 Å². The van der Waals surface area contributed by atoms with Crippen molar-refractivity contribution < 1.29 is 9.52 Å². The van der Waals surface area contributed by atoms with Crippen LogP contribution >= 0.6 is 22.6 Å². The van der Waals surface area contributed by atoms with E-state index in [0.717, 1.165) is 20.1 Å². The van der Waals surface area contributed by atoms with E-state index >= 15 is 0 Å². The third-order valence-corrected chi connectivity index (χ3v) is 2.67. The second kappa shape index (κ2) is 3.67. The largest absolute Gasteiger partial charge is 0.464 e. The van der Waals surface area contributed by atoms with Gasteiger partial charge >= 0.3 is 0 Å². The Morgan fingerprint density at radius 1 is 1.38 bits per heavy atom. The summed E-state index contributed by atoms with van der Waals surface area (Å²) in [4.78, 5) is 0. The average molecular weight is 288 g/mol. The zero-order valence-corrected chi connectivity index (χ0v) is 9.11. The highest BCUT2D eigenvalue weighted by Crippen LogP contribution is 2.23. The third kappa shape index (κ3) is 1.71. The number of hydrogen-bond acceptors (Lipinski definition) is 2. The molecule has 13 heavy (non-hydrogen) atoms. The van der Waals surface area contributed by atoms with Crippen molar-refractivity contribution in [1.29, 1.82) is 0 Å². The van der Waals surface area contributed by atoms with Crippen LogP contribution in [-0.2, 0) is 6.42 Å². The maximum atomic E-state index is 8.81. The highest BCUT2D eigenvalue weighted by atomic mass is 127. The van der Waals surface area contributed by atoms with Gasteiger partial charge in [0, 0.05) is 21.1 Å². The summed E-state index contributed by atoms with van der Waals surface area (Å²) in [5.74, 6) is 0. The average Bonchev–Trinajstić information content (AvgIpc) is 2.49. The smallest absolute Gasteiger partial charge is 0.135 e. The summed E-state index contributed by atoms with van der Waals surface area (Å²) < 4.78 is 6.53. The van der Waals surface area contributed by atoms with Crippen LogP contribution in [0.3, 0.4) is 0 Å². The van der Waals surface area contributed by atoms with Crippen LogP contribution in [-0.4, -0.2) is 11.7 Å². The van der Waals surface area contributed by atoms with E-state index in [1.807, 2.05) is 18.2 Å². The molecule has 1 aromatic heterocycles. The highest BCUT2D eigenvalue weighted by molar-refractivity contribution is 14.1. The highest BCUT2D eigenvalue weighted by Gasteiger charge is 2.04. The van der Waals surface area contributed by atoms with Gasteiger partial charge in [-0.15, -0.1) is 0 Å². The van der Waals surface area contributed by atoms with Crippen LogP contribution < -0.4 is 0 Å². The minimum atomic E-state index is 0.167. The summed E-state index contributed by atoms with van der Waals surface area (Å²) in [7, 11) is 0. The summed E-state index contributed by atoms with van der Waals surface area (Å²) in [5.41, 5.74) is 1.98. The van der Waals surface area contributed by atoms with Crippen LogP contribution in [0.1, 0.15) is 5.56 Å². The molecule has 1 heterocycles. The molecule has 2 nitrogen and oxygen atoms in total. The van der Waals surface area contributed by atoms with Crippen LogP contribution in [0.4, 0.5) is 0 Å². The second-order valence-corrected chi connectivity index (χ2v) is 4.12. The fourth-order valence-corrected chi connectivity index (χ4v) is 1.83. The maximum absolute atomic E-state index is 8.81. The number of halogens is 1. The van der Waals surface area contributed by atoms with E-state index in [9.17, 15) is 0 Å². The van der Waals surface area contributed by atoms with Crippen LogP contribution in [0, 0.1) is 3.57 Å². The molecule has 0 radical (unpaired) electrons. The molecule has 0 aliphatic rings. The molecule has 0 saturated heterocycles. The van der Waals surface area contributed by atoms with E-state index in [1.54, 1.807) is 6.26 Å². The van der Waals surface area contributed by atoms with Gasteiger partial charge < -0.3 is 9.52 Å². The molecule has 0 bridgehead atoms. The van der Waals surface area contributed by atoms with Gasteiger partial charge in [-0.05, 0) is 47.2 Å². The Hall–Kier alpha value is -0.550. The van der Waals surface area contributed by atoms with E-state index in [2.05, 4.69) is 22.6 Å². The van der Waals surface area contributed by atoms with Crippen LogP contribution in [0.5, 0.6) is 0 Å². The Bertz CT molecular complexity index is 420. The van der Waals surface area contributed by atoms with Gasteiger partial charge in [0.25, 0.3) is 0 Å². The minimum absolute atomic E-state index is 0.167. The van der Waals surface area contributed by atoms with Gasteiger partial charge in [-0.25, -0.2) is 0 Å². The summed E-state index contributed by atoms with van der Waals surface area (Å²) in [6.07, 6.45) is 2.38. The molecule has 0 unspecified atom stereocenters. The molecule has 0 spiro atoms. The molecule has 0 amide bonds.